The number of likely N-dealkylation sites (tertiary alicyclic amines) is 1. The standard InChI is InChI=1S/C27H26F3N5O3S/c1-17-24(32-2)25(33-26(36)35(17)21-6-4-5-20(14-21)27(28,29)30)22-8-7-19(15-31)13-23(22)39(37,38)12-10-18-9-11-34(3)16-18/h4-8,13-14,18,25H,9-12,16H2,1,3H3,(H,33,36)/t18?,25-/m1/s1. The number of allylic oxidation sites excluding steroid dienone is 1. The lowest BCUT2D eigenvalue weighted by Crippen LogP contribution is -2.46. The molecule has 4 rings (SSSR count). The Labute approximate surface area is 225 Å². The van der Waals surface area contributed by atoms with Crippen LogP contribution in [0.2, 0.25) is 0 Å². The second-order valence-electron chi connectivity index (χ2n) is 9.74. The van der Waals surface area contributed by atoms with Gasteiger partial charge < -0.3 is 10.2 Å². The van der Waals surface area contributed by atoms with E-state index < -0.39 is 33.6 Å². The number of nitrogens with one attached hydrogen (secondary N) is 1. The van der Waals surface area contributed by atoms with Gasteiger partial charge in [-0.1, -0.05) is 12.1 Å². The minimum absolute atomic E-state index is 0.0504. The van der Waals surface area contributed by atoms with E-state index in [1.165, 1.54) is 31.2 Å². The highest BCUT2D eigenvalue weighted by atomic mass is 32.2. The Bertz CT molecular complexity index is 1520. The van der Waals surface area contributed by atoms with Crippen LogP contribution in [-0.2, 0) is 16.0 Å². The Morgan fingerprint density at radius 2 is 1.97 bits per heavy atom. The molecule has 0 aliphatic carbocycles. The van der Waals surface area contributed by atoms with Gasteiger partial charge in [0.15, 0.2) is 9.84 Å². The molecule has 2 aromatic carbocycles. The van der Waals surface area contributed by atoms with Crippen molar-refractivity contribution in [2.45, 2.75) is 36.9 Å². The molecule has 2 atom stereocenters. The van der Waals surface area contributed by atoms with Crippen LogP contribution in [0.5, 0.6) is 0 Å². The number of anilines is 1. The number of nitriles is 1. The summed E-state index contributed by atoms with van der Waals surface area (Å²) in [6.07, 6.45) is -3.33. The van der Waals surface area contributed by atoms with Gasteiger partial charge in [-0.05, 0) is 75.2 Å². The van der Waals surface area contributed by atoms with E-state index in [0.29, 0.717) is 6.42 Å². The summed E-state index contributed by atoms with van der Waals surface area (Å²) in [5.41, 5.74) is -0.796. The predicted molar refractivity (Wildman–Crippen MR) is 138 cm³/mol. The van der Waals surface area contributed by atoms with Crippen LogP contribution in [-0.4, -0.2) is 45.2 Å². The molecule has 0 spiro atoms. The number of halogens is 3. The van der Waals surface area contributed by atoms with Crippen molar-refractivity contribution in [3.8, 4) is 6.07 Å². The molecule has 2 aromatic rings. The number of benzene rings is 2. The minimum atomic E-state index is -4.63. The van der Waals surface area contributed by atoms with Gasteiger partial charge in [-0.25, -0.2) is 18.1 Å². The number of nitrogens with zero attached hydrogens (tertiary/aromatic N) is 4. The molecular weight excluding hydrogens is 531 g/mol. The summed E-state index contributed by atoms with van der Waals surface area (Å²) in [7, 11) is -1.95. The van der Waals surface area contributed by atoms with E-state index in [0.717, 1.165) is 42.6 Å². The SMILES string of the molecule is [C-]#[N+]C1=C(C)N(c2cccc(C(F)(F)F)c2)C(=O)N[C@@H]1c1ccc(C#N)cc1S(=O)(=O)CCC1CCN(C)C1. The number of rotatable bonds is 6. The molecule has 2 aliphatic heterocycles. The van der Waals surface area contributed by atoms with E-state index in [4.69, 9.17) is 6.57 Å². The molecule has 204 valence electrons. The number of amides is 2. The lowest BCUT2D eigenvalue weighted by Gasteiger charge is -2.35. The van der Waals surface area contributed by atoms with Gasteiger partial charge in [0.1, 0.15) is 0 Å². The van der Waals surface area contributed by atoms with Crippen molar-refractivity contribution >= 4 is 21.6 Å². The Hall–Kier alpha value is -3.87. The first-order valence-corrected chi connectivity index (χ1v) is 13.8. The normalized spacial score (nSPS) is 20.5. The van der Waals surface area contributed by atoms with Crippen LogP contribution in [0.15, 0.2) is 58.8 Å². The van der Waals surface area contributed by atoms with Gasteiger partial charge >= 0.3 is 12.2 Å². The van der Waals surface area contributed by atoms with Crippen molar-refractivity contribution in [1.29, 1.82) is 5.26 Å². The Balaban J connectivity index is 1.75. The van der Waals surface area contributed by atoms with E-state index in [2.05, 4.69) is 15.1 Å². The third-order valence-corrected chi connectivity index (χ3v) is 8.87. The molecule has 0 bridgehead atoms. The van der Waals surface area contributed by atoms with Gasteiger partial charge in [0.25, 0.3) is 0 Å². The maximum absolute atomic E-state index is 13.5. The van der Waals surface area contributed by atoms with Crippen molar-refractivity contribution in [3.05, 3.63) is 82.0 Å². The number of hydrogen-bond donors (Lipinski definition) is 1. The molecule has 0 saturated carbocycles. The Kier molecular flexibility index (Phi) is 7.73. The summed E-state index contributed by atoms with van der Waals surface area (Å²) in [6.45, 7) is 10.9. The number of alkyl halides is 3. The van der Waals surface area contributed by atoms with Gasteiger partial charge in [-0.2, -0.15) is 18.4 Å². The zero-order valence-corrected chi connectivity index (χ0v) is 22.1. The molecule has 1 unspecified atom stereocenters. The molecule has 1 saturated heterocycles. The van der Waals surface area contributed by atoms with Crippen LogP contribution in [0.3, 0.4) is 0 Å². The molecule has 0 radical (unpaired) electrons. The largest absolute Gasteiger partial charge is 0.416 e. The zero-order chi connectivity index (χ0) is 28.5. The summed E-state index contributed by atoms with van der Waals surface area (Å²) < 4.78 is 66.9. The quantitative estimate of drug-likeness (QED) is 0.498. The highest BCUT2D eigenvalue weighted by Crippen LogP contribution is 2.39. The van der Waals surface area contributed by atoms with E-state index in [1.54, 1.807) is 0 Å². The fourth-order valence-corrected chi connectivity index (χ4v) is 6.76. The van der Waals surface area contributed by atoms with Crippen LogP contribution < -0.4 is 10.2 Å². The van der Waals surface area contributed by atoms with Crippen molar-refractivity contribution in [1.82, 2.24) is 10.2 Å². The number of carbonyl (C=O) groups excluding carboxylic acids is 1. The van der Waals surface area contributed by atoms with Crippen molar-refractivity contribution < 1.29 is 26.4 Å². The summed E-state index contributed by atoms with van der Waals surface area (Å²) in [5.74, 6) is 0.0456. The molecule has 2 heterocycles. The fourth-order valence-electron chi connectivity index (χ4n) is 5.04. The monoisotopic (exact) mass is 557 g/mol. The third kappa shape index (κ3) is 5.77. The van der Waals surface area contributed by atoms with Gasteiger partial charge in [0.2, 0.25) is 5.70 Å². The first-order valence-electron chi connectivity index (χ1n) is 12.2. The van der Waals surface area contributed by atoms with E-state index in [1.807, 2.05) is 13.1 Å². The minimum Gasteiger partial charge on any atom is -0.335 e. The first kappa shape index (κ1) is 28.1. The number of hydrogen-bond acceptors (Lipinski definition) is 5. The maximum atomic E-state index is 13.5. The summed E-state index contributed by atoms with van der Waals surface area (Å²) in [5, 5.41) is 12.0. The average Bonchev–Trinajstić information content (AvgIpc) is 3.31. The van der Waals surface area contributed by atoms with Crippen molar-refractivity contribution in [3.63, 3.8) is 0 Å². The molecule has 8 nitrogen and oxygen atoms in total. The van der Waals surface area contributed by atoms with E-state index >= 15 is 0 Å². The number of urea groups is 1. The molecule has 2 aliphatic rings. The van der Waals surface area contributed by atoms with Crippen LogP contribution in [0.1, 0.15) is 42.5 Å². The molecule has 2 amide bonds. The smallest absolute Gasteiger partial charge is 0.335 e. The fraction of sp³-hybridized carbons (Fsp3) is 0.370. The van der Waals surface area contributed by atoms with Gasteiger partial charge in [-0.15, -0.1) is 0 Å². The van der Waals surface area contributed by atoms with Gasteiger partial charge in [0.05, 0.1) is 40.5 Å². The van der Waals surface area contributed by atoms with E-state index in [-0.39, 0.29) is 44.8 Å². The highest BCUT2D eigenvalue weighted by molar-refractivity contribution is 7.91. The van der Waals surface area contributed by atoms with Crippen molar-refractivity contribution in [2.24, 2.45) is 5.92 Å². The molecule has 0 aromatic heterocycles. The average molecular weight is 558 g/mol. The van der Waals surface area contributed by atoms with Gasteiger partial charge in [-0.3, -0.25) is 4.90 Å². The summed E-state index contributed by atoms with van der Waals surface area (Å²) in [4.78, 5) is 19.7. The molecule has 12 heteroatoms. The third-order valence-electron chi connectivity index (χ3n) is 7.08. The predicted octanol–water partition coefficient (Wildman–Crippen LogP) is 5.11. The molecule has 1 N–H and O–H groups in total. The zero-order valence-electron chi connectivity index (χ0n) is 21.3. The first-order chi connectivity index (χ1) is 18.4. The number of carbonyl (C=O) groups is 1. The summed E-state index contributed by atoms with van der Waals surface area (Å²) >= 11 is 0. The lowest BCUT2D eigenvalue weighted by atomic mass is 9.99. The second kappa shape index (κ2) is 10.7. The van der Waals surface area contributed by atoms with Crippen molar-refractivity contribution in [2.75, 3.05) is 30.8 Å². The maximum Gasteiger partial charge on any atom is 0.416 e. The molecule has 39 heavy (non-hydrogen) atoms. The van der Waals surface area contributed by atoms with Crippen LogP contribution in [0.4, 0.5) is 23.7 Å². The van der Waals surface area contributed by atoms with Crippen LogP contribution in [0, 0.1) is 23.8 Å². The van der Waals surface area contributed by atoms with Gasteiger partial charge in [0, 0.05) is 17.9 Å². The van der Waals surface area contributed by atoms with Crippen LogP contribution >= 0.6 is 0 Å². The Morgan fingerprint density at radius 3 is 2.59 bits per heavy atom. The summed E-state index contributed by atoms with van der Waals surface area (Å²) in [6, 6.07) is 8.16. The van der Waals surface area contributed by atoms with E-state index in [9.17, 15) is 31.6 Å². The lowest BCUT2D eigenvalue weighted by molar-refractivity contribution is -0.137. The highest BCUT2D eigenvalue weighted by Gasteiger charge is 2.38. The topological polar surface area (TPSA) is 97.9 Å². The number of sulfone groups is 1. The second-order valence-corrected chi connectivity index (χ2v) is 11.8. The Morgan fingerprint density at radius 1 is 1.23 bits per heavy atom. The molecule has 1 fully saturated rings. The van der Waals surface area contributed by atoms with Crippen LogP contribution in [0.25, 0.3) is 4.85 Å². The molecular formula is C27H26F3N5O3S.